The fourth-order valence-electron chi connectivity index (χ4n) is 1.64. The lowest BCUT2D eigenvalue weighted by atomic mass is 10.2. The molecule has 90 valence electrons. The van der Waals surface area contributed by atoms with Crippen LogP contribution in [0.4, 0.5) is 0 Å². The molecule has 5 nitrogen and oxygen atoms in total. The minimum Gasteiger partial charge on any atom is -0.481 e. The molecule has 0 aromatic carbocycles. The molecule has 2 heterocycles. The number of carbonyl (C=O) groups is 1. The first-order valence-corrected chi connectivity index (χ1v) is 6.14. The van der Waals surface area contributed by atoms with Crippen molar-refractivity contribution in [2.45, 2.75) is 26.2 Å². The van der Waals surface area contributed by atoms with Crippen LogP contribution in [0.15, 0.2) is 10.2 Å². The SMILES string of the molecule is Cc1scc2c(=O)[nH]c(CCCC(=O)O)nc12. The van der Waals surface area contributed by atoms with Crippen molar-refractivity contribution in [1.82, 2.24) is 9.97 Å². The van der Waals surface area contributed by atoms with E-state index in [1.165, 1.54) is 11.3 Å². The molecule has 17 heavy (non-hydrogen) atoms. The molecule has 0 aliphatic heterocycles. The van der Waals surface area contributed by atoms with Gasteiger partial charge in [-0.15, -0.1) is 11.3 Å². The van der Waals surface area contributed by atoms with Crippen molar-refractivity contribution in [3.63, 3.8) is 0 Å². The van der Waals surface area contributed by atoms with Crippen LogP contribution in [-0.2, 0) is 11.2 Å². The van der Waals surface area contributed by atoms with Crippen molar-refractivity contribution < 1.29 is 9.90 Å². The van der Waals surface area contributed by atoms with Crippen LogP contribution >= 0.6 is 11.3 Å². The van der Waals surface area contributed by atoms with Gasteiger partial charge in [0.1, 0.15) is 5.82 Å². The first kappa shape index (κ1) is 11.8. The Labute approximate surface area is 101 Å². The van der Waals surface area contributed by atoms with Crippen LogP contribution in [-0.4, -0.2) is 21.0 Å². The van der Waals surface area contributed by atoms with Crippen molar-refractivity contribution >= 4 is 28.2 Å². The second-order valence-corrected chi connectivity index (χ2v) is 4.90. The molecule has 0 aliphatic rings. The Bertz CT molecular complexity index is 615. The van der Waals surface area contributed by atoms with Crippen molar-refractivity contribution in [1.29, 1.82) is 0 Å². The van der Waals surface area contributed by atoms with Crippen molar-refractivity contribution in [3.8, 4) is 0 Å². The van der Waals surface area contributed by atoms with E-state index in [2.05, 4.69) is 9.97 Å². The summed E-state index contributed by atoms with van der Waals surface area (Å²) in [5, 5.41) is 10.9. The molecule has 6 heteroatoms. The van der Waals surface area contributed by atoms with E-state index in [1.54, 1.807) is 5.38 Å². The van der Waals surface area contributed by atoms with Gasteiger partial charge >= 0.3 is 5.97 Å². The average molecular weight is 252 g/mol. The van der Waals surface area contributed by atoms with Gasteiger partial charge in [0, 0.05) is 23.1 Å². The summed E-state index contributed by atoms with van der Waals surface area (Å²) in [7, 11) is 0. The van der Waals surface area contributed by atoms with E-state index >= 15 is 0 Å². The molecule has 0 unspecified atom stereocenters. The zero-order valence-corrected chi connectivity index (χ0v) is 10.1. The van der Waals surface area contributed by atoms with Gasteiger partial charge in [-0.05, 0) is 13.3 Å². The van der Waals surface area contributed by atoms with Crippen LogP contribution in [0.5, 0.6) is 0 Å². The van der Waals surface area contributed by atoms with E-state index < -0.39 is 5.97 Å². The second-order valence-electron chi connectivity index (χ2n) is 3.81. The second kappa shape index (κ2) is 4.67. The van der Waals surface area contributed by atoms with E-state index in [0.717, 1.165) is 10.4 Å². The molecule has 0 atom stereocenters. The minimum absolute atomic E-state index is 0.0877. The quantitative estimate of drug-likeness (QED) is 0.867. The number of rotatable bonds is 4. The molecule has 2 aromatic heterocycles. The average Bonchev–Trinajstić information content (AvgIpc) is 2.61. The third-order valence-corrected chi connectivity index (χ3v) is 3.40. The maximum Gasteiger partial charge on any atom is 0.303 e. The Morgan fingerprint density at radius 1 is 1.59 bits per heavy atom. The molecule has 2 aromatic rings. The number of aliphatic carboxylic acids is 1. The smallest absolute Gasteiger partial charge is 0.303 e. The standard InChI is InChI=1S/C11H12N2O3S/c1-6-10-7(5-17-6)11(16)13-8(12-10)3-2-4-9(14)15/h5H,2-4H2,1H3,(H,14,15)(H,12,13,16). The van der Waals surface area contributed by atoms with E-state index in [1.807, 2.05) is 6.92 Å². The van der Waals surface area contributed by atoms with Gasteiger partial charge in [-0.25, -0.2) is 4.98 Å². The molecule has 0 spiro atoms. The van der Waals surface area contributed by atoms with E-state index in [9.17, 15) is 9.59 Å². The van der Waals surface area contributed by atoms with Crippen LogP contribution < -0.4 is 5.56 Å². The van der Waals surface area contributed by atoms with Gasteiger partial charge < -0.3 is 10.1 Å². The fraction of sp³-hybridized carbons (Fsp3) is 0.364. The molecule has 0 amide bonds. The largest absolute Gasteiger partial charge is 0.481 e. The highest BCUT2D eigenvalue weighted by Gasteiger charge is 2.08. The Morgan fingerprint density at radius 2 is 2.35 bits per heavy atom. The summed E-state index contributed by atoms with van der Waals surface area (Å²) in [6.45, 7) is 1.92. The molecule has 2 rings (SSSR count). The zero-order valence-electron chi connectivity index (χ0n) is 9.32. The van der Waals surface area contributed by atoms with Crippen LogP contribution in [0, 0.1) is 6.92 Å². The predicted molar refractivity (Wildman–Crippen MR) is 65.6 cm³/mol. The number of H-pyrrole nitrogens is 1. The minimum atomic E-state index is -0.833. The monoisotopic (exact) mass is 252 g/mol. The van der Waals surface area contributed by atoms with Gasteiger partial charge in [0.25, 0.3) is 5.56 Å². The van der Waals surface area contributed by atoms with Gasteiger partial charge in [-0.1, -0.05) is 0 Å². The van der Waals surface area contributed by atoms with Gasteiger partial charge in [0.05, 0.1) is 10.9 Å². The number of hydrogen-bond acceptors (Lipinski definition) is 4. The highest BCUT2D eigenvalue weighted by atomic mass is 32.1. The number of carboxylic acid groups (broad SMARTS) is 1. The van der Waals surface area contributed by atoms with Crippen molar-refractivity contribution in [3.05, 3.63) is 26.4 Å². The zero-order chi connectivity index (χ0) is 12.4. The highest BCUT2D eigenvalue weighted by molar-refractivity contribution is 7.11. The number of fused-ring (bicyclic) bond motifs is 1. The normalized spacial score (nSPS) is 10.9. The third kappa shape index (κ3) is 2.52. The molecular formula is C11H12N2O3S. The summed E-state index contributed by atoms with van der Waals surface area (Å²) in [5.41, 5.74) is 0.578. The van der Waals surface area contributed by atoms with Gasteiger partial charge in [-0.2, -0.15) is 0 Å². The lowest BCUT2D eigenvalue weighted by molar-refractivity contribution is -0.137. The van der Waals surface area contributed by atoms with E-state index in [0.29, 0.717) is 24.1 Å². The number of nitrogens with zero attached hydrogens (tertiary/aromatic N) is 1. The molecule has 0 radical (unpaired) electrons. The number of thiophene rings is 1. The number of carboxylic acids is 1. The molecule has 0 saturated heterocycles. The van der Waals surface area contributed by atoms with E-state index in [-0.39, 0.29) is 12.0 Å². The Hall–Kier alpha value is -1.69. The summed E-state index contributed by atoms with van der Waals surface area (Å²) in [5.74, 6) is -0.273. The molecule has 0 saturated carbocycles. The van der Waals surface area contributed by atoms with Crippen LogP contribution in [0.3, 0.4) is 0 Å². The van der Waals surface area contributed by atoms with Gasteiger partial charge in [0.2, 0.25) is 0 Å². The first-order valence-electron chi connectivity index (χ1n) is 5.26. The molecule has 0 bridgehead atoms. The summed E-state index contributed by atoms with van der Waals surface area (Å²) in [6, 6.07) is 0. The van der Waals surface area contributed by atoms with Crippen LogP contribution in [0.2, 0.25) is 0 Å². The van der Waals surface area contributed by atoms with Crippen LogP contribution in [0.1, 0.15) is 23.5 Å². The summed E-state index contributed by atoms with van der Waals surface area (Å²) in [6.07, 6.45) is 1.05. The summed E-state index contributed by atoms with van der Waals surface area (Å²) < 4.78 is 0. The summed E-state index contributed by atoms with van der Waals surface area (Å²) >= 11 is 1.49. The van der Waals surface area contributed by atoms with Crippen LogP contribution in [0.25, 0.3) is 10.9 Å². The van der Waals surface area contributed by atoms with Crippen molar-refractivity contribution in [2.75, 3.05) is 0 Å². The lowest BCUT2D eigenvalue weighted by Gasteiger charge is -2.00. The lowest BCUT2D eigenvalue weighted by Crippen LogP contribution is -2.11. The topological polar surface area (TPSA) is 83.0 Å². The maximum absolute atomic E-state index is 11.7. The Kier molecular flexibility index (Phi) is 3.23. The Morgan fingerprint density at radius 3 is 3.06 bits per heavy atom. The number of aryl methyl sites for hydroxylation is 2. The van der Waals surface area contributed by atoms with E-state index in [4.69, 9.17) is 5.11 Å². The molecule has 2 N–H and O–H groups in total. The molecular weight excluding hydrogens is 240 g/mol. The maximum atomic E-state index is 11.7. The number of nitrogens with one attached hydrogen (secondary N) is 1. The highest BCUT2D eigenvalue weighted by Crippen LogP contribution is 2.19. The fourth-order valence-corrected chi connectivity index (χ4v) is 2.42. The number of aromatic nitrogens is 2. The molecule has 0 aliphatic carbocycles. The molecule has 0 fully saturated rings. The first-order chi connectivity index (χ1) is 8.08. The third-order valence-electron chi connectivity index (χ3n) is 2.50. The Balaban J connectivity index is 2.26. The predicted octanol–water partition coefficient (Wildman–Crippen LogP) is 1.70. The van der Waals surface area contributed by atoms with Gasteiger partial charge in [-0.3, -0.25) is 9.59 Å². The number of aromatic amines is 1. The van der Waals surface area contributed by atoms with Gasteiger partial charge in [0.15, 0.2) is 0 Å². The van der Waals surface area contributed by atoms with Crippen molar-refractivity contribution in [2.24, 2.45) is 0 Å². The summed E-state index contributed by atoms with van der Waals surface area (Å²) in [4.78, 5) is 30.1. The number of hydrogen-bond donors (Lipinski definition) is 2.